The van der Waals surface area contributed by atoms with Crippen LogP contribution in [0.25, 0.3) is 0 Å². The van der Waals surface area contributed by atoms with E-state index >= 15 is 0 Å². The number of halogens is 1. The van der Waals surface area contributed by atoms with Gasteiger partial charge in [-0.15, -0.1) is 0 Å². The molecule has 1 aliphatic heterocycles. The second kappa shape index (κ2) is 9.00. The molecule has 27 heavy (non-hydrogen) atoms. The number of aromatic hydroxyl groups is 1. The molecule has 1 aliphatic rings. The number of rotatable bonds is 5. The number of amides is 2. The van der Waals surface area contributed by atoms with Crippen LogP contribution in [-0.2, 0) is 6.42 Å². The number of urea groups is 1. The first-order valence-electron chi connectivity index (χ1n) is 9.35. The number of piperazine rings is 1. The summed E-state index contributed by atoms with van der Waals surface area (Å²) in [6.07, 6.45) is 1.73. The van der Waals surface area contributed by atoms with Crippen molar-refractivity contribution in [2.75, 3.05) is 31.1 Å². The van der Waals surface area contributed by atoms with E-state index in [1.807, 2.05) is 48.2 Å². The number of anilines is 1. The van der Waals surface area contributed by atoms with Crippen LogP contribution in [0.3, 0.4) is 0 Å². The van der Waals surface area contributed by atoms with Crippen molar-refractivity contribution in [1.29, 1.82) is 0 Å². The summed E-state index contributed by atoms with van der Waals surface area (Å²) in [6, 6.07) is 15.1. The Hall–Kier alpha value is -2.40. The lowest BCUT2D eigenvalue weighted by Gasteiger charge is -2.36. The molecule has 0 bridgehead atoms. The van der Waals surface area contributed by atoms with Crippen molar-refractivity contribution in [3.63, 3.8) is 0 Å². The van der Waals surface area contributed by atoms with Crippen LogP contribution in [-0.4, -0.2) is 48.3 Å². The first kappa shape index (κ1) is 19.4. The Morgan fingerprint density at radius 2 is 1.85 bits per heavy atom. The van der Waals surface area contributed by atoms with Gasteiger partial charge in [-0.2, -0.15) is 0 Å². The molecule has 0 saturated carbocycles. The van der Waals surface area contributed by atoms with Gasteiger partial charge in [0.1, 0.15) is 5.75 Å². The van der Waals surface area contributed by atoms with Gasteiger partial charge in [-0.25, -0.2) is 4.79 Å². The van der Waals surface area contributed by atoms with Gasteiger partial charge < -0.3 is 20.2 Å². The van der Waals surface area contributed by atoms with Crippen LogP contribution >= 0.6 is 11.6 Å². The number of nitrogens with one attached hydrogen (secondary N) is 1. The Morgan fingerprint density at radius 1 is 1.15 bits per heavy atom. The summed E-state index contributed by atoms with van der Waals surface area (Å²) < 4.78 is 0. The number of phenolic OH excluding ortho intramolecular Hbond substituents is 1. The molecule has 0 radical (unpaired) electrons. The third-order valence-electron chi connectivity index (χ3n) is 4.91. The van der Waals surface area contributed by atoms with Crippen molar-refractivity contribution in [2.24, 2.45) is 0 Å². The van der Waals surface area contributed by atoms with Crippen LogP contribution in [0.2, 0.25) is 5.02 Å². The van der Waals surface area contributed by atoms with E-state index < -0.39 is 0 Å². The third kappa shape index (κ3) is 5.54. The average Bonchev–Trinajstić information content (AvgIpc) is 2.67. The number of hydrogen-bond donors (Lipinski definition) is 2. The smallest absolute Gasteiger partial charge is 0.317 e. The molecule has 5 nitrogen and oxygen atoms in total. The van der Waals surface area contributed by atoms with Gasteiger partial charge in [0.25, 0.3) is 0 Å². The first-order valence-corrected chi connectivity index (χ1v) is 9.73. The van der Waals surface area contributed by atoms with Gasteiger partial charge >= 0.3 is 6.03 Å². The summed E-state index contributed by atoms with van der Waals surface area (Å²) in [5, 5.41) is 13.2. The molecule has 1 saturated heterocycles. The second-order valence-corrected chi connectivity index (χ2v) is 7.45. The van der Waals surface area contributed by atoms with Crippen LogP contribution in [0.1, 0.15) is 18.9 Å². The number of carbonyl (C=O) groups is 1. The van der Waals surface area contributed by atoms with Crippen molar-refractivity contribution < 1.29 is 9.90 Å². The lowest BCUT2D eigenvalue weighted by molar-refractivity contribution is 0.190. The molecule has 144 valence electrons. The zero-order valence-electron chi connectivity index (χ0n) is 15.6. The lowest BCUT2D eigenvalue weighted by Crippen LogP contribution is -2.53. The highest BCUT2D eigenvalue weighted by Gasteiger charge is 2.22. The van der Waals surface area contributed by atoms with Gasteiger partial charge in [0.2, 0.25) is 0 Å². The molecule has 3 rings (SSSR count). The fraction of sp³-hybridized carbons (Fsp3) is 0.381. The van der Waals surface area contributed by atoms with Gasteiger partial charge in [-0.05, 0) is 55.7 Å². The second-order valence-electron chi connectivity index (χ2n) is 7.01. The van der Waals surface area contributed by atoms with Gasteiger partial charge in [0.05, 0.1) is 0 Å². The molecule has 2 N–H and O–H groups in total. The minimum Gasteiger partial charge on any atom is -0.508 e. The monoisotopic (exact) mass is 387 g/mol. The number of benzene rings is 2. The fourth-order valence-corrected chi connectivity index (χ4v) is 3.45. The van der Waals surface area contributed by atoms with Crippen molar-refractivity contribution >= 4 is 23.3 Å². The highest BCUT2D eigenvalue weighted by molar-refractivity contribution is 6.30. The summed E-state index contributed by atoms with van der Waals surface area (Å²) in [5.41, 5.74) is 2.26. The van der Waals surface area contributed by atoms with Gasteiger partial charge in [0.15, 0.2) is 0 Å². The summed E-state index contributed by atoms with van der Waals surface area (Å²) in [5.74, 6) is 0.275. The minimum atomic E-state index is -0.000972. The largest absolute Gasteiger partial charge is 0.508 e. The average molecular weight is 388 g/mol. The quantitative estimate of drug-likeness (QED) is 0.818. The molecular formula is C21H26ClN3O2. The maximum Gasteiger partial charge on any atom is 0.317 e. The van der Waals surface area contributed by atoms with Crippen LogP contribution < -0.4 is 10.2 Å². The van der Waals surface area contributed by atoms with Gasteiger partial charge in [-0.3, -0.25) is 0 Å². The van der Waals surface area contributed by atoms with Crippen LogP contribution in [0.4, 0.5) is 10.5 Å². The normalized spacial score (nSPS) is 15.5. The zero-order valence-corrected chi connectivity index (χ0v) is 16.3. The molecule has 2 aromatic carbocycles. The molecule has 0 aromatic heterocycles. The van der Waals surface area contributed by atoms with Crippen LogP contribution in [0, 0.1) is 0 Å². The number of hydrogen-bond acceptors (Lipinski definition) is 3. The SMILES string of the molecule is CC(CCc1ccc(O)cc1)NC(=O)N1CCN(c2cccc(Cl)c2)CC1. The van der Waals surface area contributed by atoms with Gasteiger partial charge in [-0.1, -0.05) is 29.8 Å². The summed E-state index contributed by atoms with van der Waals surface area (Å²) in [4.78, 5) is 16.6. The van der Waals surface area contributed by atoms with E-state index in [1.165, 1.54) is 0 Å². The fourth-order valence-electron chi connectivity index (χ4n) is 3.26. The highest BCUT2D eigenvalue weighted by Crippen LogP contribution is 2.21. The van der Waals surface area contributed by atoms with Crippen molar-refractivity contribution in [1.82, 2.24) is 10.2 Å². The summed E-state index contributed by atoms with van der Waals surface area (Å²) in [7, 11) is 0. The molecule has 2 aromatic rings. The van der Waals surface area contributed by atoms with Gasteiger partial charge in [0, 0.05) is 42.9 Å². The molecule has 2 amide bonds. The molecule has 0 aliphatic carbocycles. The summed E-state index contributed by atoms with van der Waals surface area (Å²) in [6.45, 7) is 5.03. The number of aryl methyl sites for hydroxylation is 1. The van der Waals surface area contributed by atoms with E-state index in [0.29, 0.717) is 13.1 Å². The topological polar surface area (TPSA) is 55.8 Å². The Morgan fingerprint density at radius 3 is 2.52 bits per heavy atom. The highest BCUT2D eigenvalue weighted by atomic mass is 35.5. The molecule has 1 heterocycles. The Balaban J connectivity index is 1.43. The maximum atomic E-state index is 12.5. The number of carbonyl (C=O) groups excluding carboxylic acids is 1. The minimum absolute atomic E-state index is 0.000972. The Bertz CT molecular complexity index is 758. The lowest BCUT2D eigenvalue weighted by atomic mass is 10.1. The predicted molar refractivity (Wildman–Crippen MR) is 110 cm³/mol. The Labute approximate surface area is 165 Å². The van der Waals surface area contributed by atoms with Crippen LogP contribution in [0.15, 0.2) is 48.5 Å². The van der Waals surface area contributed by atoms with Crippen molar-refractivity contribution in [3.05, 3.63) is 59.1 Å². The van der Waals surface area contributed by atoms with Crippen molar-refractivity contribution in [2.45, 2.75) is 25.8 Å². The number of nitrogens with zero attached hydrogens (tertiary/aromatic N) is 2. The van der Waals surface area contributed by atoms with E-state index in [-0.39, 0.29) is 17.8 Å². The Kier molecular flexibility index (Phi) is 6.45. The van der Waals surface area contributed by atoms with E-state index in [0.717, 1.165) is 42.2 Å². The zero-order chi connectivity index (χ0) is 19.2. The molecular weight excluding hydrogens is 362 g/mol. The molecule has 1 unspecified atom stereocenters. The number of phenols is 1. The van der Waals surface area contributed by atoms with E-state index in [2.05, 4.69) is 10.2 Å². The van der Waals surface area contributed by atoms with E-state index in [4.69, 9.17) is 11.6 Å². The first-order chi connectivity index (χ1) is 13.0. The molecule has 1 atom stereocenters. The van der Waals surface area contributed by atoms with E-state index in [9.17, 15) is 9.90 Å². The van der Waals surface area contributed by atoms with Crippen LogP contribution in [0.5, 0.6) is 5.75 Å². The molecule has 1 fully saturated rings. The third-order valence-corrected chi connectivity index (χ3v) is 5.15. The maximum absolute atomic E-state index is 12.5. The standard InChI is InChI=1S/C21H26ClN3O2/c1-16(5-6-17-7-9-20(26)10-8-17)23-21(27)25-13-11-24(12-14-25)19-4-2-3-18(22)15-19/h2-4,7-10,15-16,26H,5-6,11-14H2,1H3,(H,23,27). The van der Waals surface area contributed by atoms with Crippen molar-refractivity contribution in [3.8, 4) is 5.75 Å². The predicted octanol–water partition coefficient (Wildman–Crippen LogP) is 3.90. The van der Waals surface area contributed by atoms with E-state index in [1.54, 1.807) is 12.1 Å². The molecule has 0 spiro atoms. The molecule has 6 heteroatoms. The summed E-state index contributed by atoms with van der Waals surface area (Å²) >= 11 is 6.07.